The number of ether oxygens (including phenoxy) is 2. The van der Waals surface area contributed by atoms with Crippen LogP contribution in [-0.2, 0) is 14.3 Å². The largest absolute Gasteiger partial charge is 0.493 e. The summed E-state index contributed by atoms with van der Waals surface area (Å²) in [6.45, 7) is 1.22. The first-order chi connectivity index (χ1) is 14.1. The molecule has 1 aliphatic rings. The first-order valence-corrected chi connectivity index (χ1v) is 9.97. The van der Waals surface area contributed by atoms with Crippen LogP contribution in [-0.4, -0.2) is 42.4 Å². The molecule has 29 heavy (non-hydrogen) atoms. The predicted molar refractivity (Wildman–Crippen MR) is 111 cm³/mol. The van der Waals surface area contributed by atoms with Crippen molar-refractivity contribution in [3.05, 3.63) is 65.2 Å². The molecule has 3 rings (SSSR count). The van der Waals surface area contributed by atoms with Gasteiger partial charge < -0.3 is 9.47 Å². The van der Waals surface area contributed by atoms with Gasteiger partial charge in [0.1, 0.15) is 5.75 Å². The molecule has 0 aromatic heterocycles. The van der Waals surface area contributed by atoms with E-state index in [2.05, 4.69) is 5.10 Å². The number of hydrogen-bond acceptors (Lipinski definition) is 5. The molecular weight excluding hydrogens is 392 g/mol. The molecule has 0 bridgehead atoms. The van der Waals surface area contributed by atoms with Crippen LogP contribution in [0.1, 0.15) is 31.2 Å². The Morgan fingerprint density at radius 1 is 1.00 bits per heavy atom. The fourth-order valence-corrected chi connectivity index (χ4v) is 2.97. The van der Waals surface area contributed by atoms with Gasteiger partial charge in [-0.05, 0) is 29.8 Å². The normalized spacial score (nSPS) is 13.1. The second kappa shape index (κ2) is 10.6. The van der Waals surface area contributed by atoms with Gasteiger partial charge in [0.15, 0.2) is 0 Å². The summed E-state index contributed by atoms with van der Waals surface area (Å²) < 4.78 is 10.7. The average molecular weight is 415 g/mol. The lowest BCUT2D eigenvalue weighted by molar-refractivity contribution is -0.146. The van der Waals surface area contributed by atoms with Crippen molar-refractivity contribution in [2.24, 2.45) is 5.10 Å². The fraction of sp³-hybridized carbons (Fsp3) is 0.318. The zero-order valence-electron chi connectivity index (χ0n) is 16.1. The molecule has 1 heterocycles. The first-order valence-electron chi connectivity index (χ1n) is 9.59. The van der Waals surface area contributed by atoms with E-state index in [1.54, 1.807) is 24.3 Å². The highest BCUT2D eigenvalue weighted by Gasteiger charge is 2.22. The van der Waals surface area contributed by atoms with Gasteiger partial charge in [0.25, 0.3) is 0 Å². The predicted octanol–water partition coefficient (Wildman–Crippen LogP) is 4.07. The van der Waals surface area contributed by atoms with Crippen LogP contribution in [0.5, 0.6) is 5.75 Å². The van der Waals surface area contributed by atoms with Crippen LogP contribution in [0.3, 0.4) is 0 Å². The second-order valence-corrected chi connectivity index (χ2v) is 6.99. The van der Waals surface area contributed by atoms with Crippen molar-refractivity contribution in [1.29, 1.82) is 0 Å². The number of carbonyl (C=O) groups is 2. The monoisotopic (exact) mass is 414 g/mol. The summed E-state index contributed by atoms with van der Waals surface area (Å²) in [5.74, 6) is 0.155. The zero-order chi connectivity index (χ0) is 20.5. The number of hydrogen-bond donors (Lipinski definition) is 0. The van der Waals surface area contributed by atoms with Gasteiger partial charge in [-0.2, -0.15) is 5.10 Å². The molecule has 0 spiro atoms. The van der Waals surface area contributed by atoms with Gasteiger partial charge in [-0.1, -0.05) is 41.9 Å². The van der Waals surface area contributed by atoms with Crippen molar-refractivity contribution >= 4 is 29.2 Å². The van der Waals surface area contributed by atoms with Crippen LogP contribution in [0, 0.1) is 0 Å². The molecule has 0 radical (unpaired) electrons. The number of benzene rings is 2. The molecule has 7 heteroatoms. The summed E-state index contributed by atoms with van der Waals surface area (Å²) in [6.07, 6.45) is 1.42. The lowest BCUT2D eigenvalue weighted by Gasteiger charge is -2.11. The Bertz CT molecular complexity index is 853. The second-order valence-electron chi connectivity index (χ2n) is 6.56. The number of carbonyl (C=O) groups excluding carboxylic acids is 2. The minimum atomic E-state index is -0.392. The van der Waals surface area contributed by atoms with E-state index >= 15 is 0 Å². The fourth-order valence-electron chi connectivity index (χ4n) is 2.85. The number of nitrogens with zero attached hydrogens (tertiary/aromatic N) is 2. The van der Waals surface area contributed by atoms with Gasteiger partial charge in [-0.25, -0.2) is 5.01 Å². The summed E-state index contributed by atoms with van der Waals surface area (Å²) in [7, 11) is 0. The van der Waals surface area contributed by atoms with Gasteiger partial charge in [-0.15, -0.1) is 0 Å². The molecule has 1 aliphatic heterocycles. The summed E-state index contributed by atoms with van der Waals surface area (Å²) in [5, 5.41) is 6.47. The minimum absolute atomic E-state index is 0.0452. The van der Waals surface area contributed by atoms with E-state index in [0.717, 1.165) is 11.3 Å². The lowest BCUT2D eigenvalue weighted by Crippen LogP contribution is -2.24. The smallest absolute Gasteiger partial charge is 0.306 e. The van der Waals surface area contributed by atoms with E-state index in [-0.39, 0.29) is 25.4 Å². The van der Waals surface area contributed by atoms with Crippen molar-refractivity contribution in [3.8, 4) is 5.75 Å². The maximum atomic E-state index is 12.3. The van der Waals surface area contributed by atoms with E-state index in [1.807, 2.05) is 30.3 Å². The molecule has 0 fully saturated rings. The number of halogens is 1. The minimum Gasteiger partial charge on any atom is -0.493 e. The molecule has 0 N–H and O–H groups in total. The van der Waals surface area contributed by atoms with Crippen molar-refractivity contribution in [1.82, 2.24) is 5.01 Å². The maximum Gasteiger partial charge on any atom is 0.306 e. The molecule has 2 aromatic rings. The Hall–Kier alpha value is -2.86. The Balaban J connectivity index is 1.30. The Morgan fingerprint density at radius 3 is 2.52 bits per heavy atom. The van der Waals surface area contributed by atoms with Gasteiger partial charge in [-0.3, -0.25) is 9.59 Å². The number of amides is 1. The SMILES string of the molecule is O=C(CCC(=O)N1CCC(c2ccccc2)=N1)OCCCOc1ccc(Cl)cc1. The molecule has 0 atom stereocenters. The summed E-state index contributed by atoms with van der Waals surface area (Å²) in [5.41, 5.74) is 1.91. The third-order valence-corrected chi connectivity index (χ3v) is 4.63. The van der Waals surface area contributed by atoms with Crippen LogP contribution < -0.4 is 4.74 Å². The average Bonchev–Trinajstić information content (AvgIpc) is 3.24. The summed E-state index contributed by atoms with van der Waals surface area (Å²) in [6, 6.07) is 16.8. The van der Waals surface area contributed by atoms with Crippen LogP contribution >= 0.6 is 11.6 Å². The number of esters is 1. The van der Waals surface area contributed by atoms with Crippen molar-refractivity contribution < 1.29 is 19.1 Å². The molecule has 2 aromatic carbocycles. The molecule has 6 nitrogen and oxygen atoms in total. The highest BCUT2D eigenvalue weighted by atomic mass is 35.5. The quantitative estimate of drug-likeness (QED) is 0.458. The molecule has 152 valence electrons. The zero-order valence-corrected chi connectivity index (χ0v) is 16.8. The molecular formula is C22H23ClN2O4. The first kappa shape index (κ1) is 20.9. The van der Waals surface area contributed by atoms with Crippen molar-refractivity contribution in [3.63, 3.8) is 0 Å². The molecule has 0 saturated heterocycles. The van der Waals surface area contributed by atoms with Crippen LogP contribution in [0.2, 0.25) is 5.02 Å². The maximum absolute atomic E-state index is 12.3. The molecule has 0 unspecified atom stereocenters. The van der Waals surface area contributed by atoms with Crippen molar-refractivity contribution in [2.45, 2.75) is 25.7 Å². The van der Waals surface area contributed by atoms with Gasteiger partial charge in [0.05, 0.1) is 31.9 Å². The Labute approximate surface area is 175 Å². The molecule has 0 aliphatic carbocycles. The Kier molecular flexibility index (Phi) is 7.64. The Morgan fingerprint density at radius 2 is 1.76 bits per heavy atom. The van der Waals surface area contributed by atoms with Crippen molar-refractivity contribution in [2.75, 3.05) is 19.8 Å². The standard InChI is InChI=1S/C22H23ClN2O4/c23-18-7-9-19(10-8-18)28-15-4-16-29-22(27)12-11-21(26)25-14-13-20(24-25)17-5-2-1-3-6-17/h1-3,5-10H,4,11-16H2. The van der Waals surface area contributed by atoms with E-state index < -0.39 is 5.97 Å². The number of hydrazone groups is 1. The summed E-state index contributed by atoms with van der Waals surface area (Å²) in [4.78, 5) is 24.1. The molecule has 0 saturated carbocycles. The van der Waals surface area contributed by atoms with E-state index in [0.29, 0.717) is 36.8 Å². The van der Waals surface area contributed by atoms with E-state index in [9.17, 15) is 9.59 Å². The lowest BCUT2D eigenvalue weighted by atomic mass is 10.1. The van der Waals surface area contributed by atoms with E-state index in [1.165, 1.54) is 5.01 Å². The topological polar surface area (TPSA) is 68.2 Å². The van der Waals surface area contributed by atoms with Gasteiger partial charge >= 0.3 is 5.97 Å². The third kappa shape index (κ3) is 6.61. The van der Waals surface area contributed by atoms with Crippen LogP contribution in [0.4, 0.5) is 0 Å². The van der Waals surface area contributed by atoms with Crippen LogP contribution in [0.25, 0.3) is 0 Å². The summed E-state index contributed by atoms with van der Waals surface area (Å²) >= 11 is 5.81. The number of rotatable bonds is 9. The third-order valence-electron chi connectivity index (χ3n) is 4.37. The van der Waals surface area contributed by atoms with Crippen LogP contribution in [0.15, 0.2) is 59.7 Å². The van der Waals surface area contributed by atoms with Gasteiger partial charge in [0, 0.05) is 24.3 Å². The molecule has 1 amide bonds. The van der Waals surface area contributed by atoms with Gasteiger partial charge in [0.2, 0.25) is 5.91 Å². The highest BCUT2D eigenvalue weighted by molar-refractivity contribution is 6.30. The van der Waals surface area contributed by atoms with E-state index in [4.69, 9.17) is 21.1 Å². The highest BCUT2D eigenvalue weighted by Crippen LogP contribution is 2.16.